The lowest BCUT2D eigenvalue weighted by Gasteiger charge is -2.17. The first-order valence-electron chi connectivity index (χ1n) is 5.00. The Morgan fingerprint density at radius 2 is 2.21 bits per heavy atom. The monoisotopic (exact) mass is 188 g/mol. The summed E-state index contributed by atoms with van der Waals surface area (Å²) in [7, 11) is 0. The van der Waals surface area contributed by atoms with E-state index in [2.05, 4.69) is 24.4 Å². The Morgan fingerprint density at radius 3 is 3.00 bits per heavy atom. The fraction of sp³-hybridized carbons (Fsp3) is 0.333. The van der Waals surface area contributed by atoms with Crippen LogP contribution in [-0.4, -0.2) is 5.91 Å². The second-order valence-corrected chi connectivity index (χ2v) is 3.64. The number of carbonyl (C=O) groups is 1. The number of rotatable bonds is 2. The van der Waals surface area contributed by atoms with Gasteiger partial charge >= 0.3 is 0 Å². The summed E-state index contributed by atoms with van der Waals surface area (Å²) >= 11 is 0. The van der Waals surface area contributed by atoms with Crippen LogP contribution in [-0.2, 0) is 17.6 Å². The number of hydrogen-bond donors (Lipinski definition) is 1. The highest BCUT2D eigenvalue weighted by Gasteiger charge is 2.14. The highest BCUT2D eigenvalue weighted by Crippen LogP contribution is 2.23. The van der Waals surface area contributed by atoms with E-state index < -0.39 is 0 Å². The third-order valence-electron chi connectivity index (χ3n) is 2.53. The molecule has 0 aromatic heterocycles. The van der Waals surface area contributed by atoms with Gasteiger partial charge in [0, 0.05) is 12.1 Å². The fourth-order valence-electron chi connectivity index (χ4n) is 1.80. The number of benzene rings is 1. The van der Waals surface area contributed by atoms with Gasteiger partial charge in [-0.2, -0.15) is 0 Å². The molecule has 1 aromatic rings. The zero-order chi connectivity index (χ0) is 9.97. The van der Waals surface area contributed by atoms with Gasteiger partial charge < -0.3 is 5.32 Å². The Hall–Kier alpha value is -1.31. The third kappa shape index (κ3) is 1.79. The van der Waals surface area contributed by atoms with Crippen LogP contribution in [0.25, 0.3) is 0 Å². The summed E-state index contributed by atoms with van der Waals surface area (Å²) < 4.78 is 0. The molecule has 1 aliphatic heterocycles. The minimum Gasteiger partial charge on any atom is -0.326 e. The normalized spacial score (nSPS) is 14.8. The van der Waals surface area contributed by atoms with E-state index in [1.807, 2.05) is 6.07 Å². The number of carbonyl (C=O) groups excluding carboxylic acids is 1. The lowest BCUT2D eigenvalue weighted by Crippen LogP contribution is -2.18. The van der Waals surface area contributed by atoms with E-state index in [-0.39, 0.29) is 5.91 Å². The maximum atomic E-state index is 11.1. The van der Waals surface area contributed by atoms with Crippen molar-refractivity contribution in [3.8, 4) is 0 Å². The Kier molecular flexibility index (Phi) is 2.53. The number of aryl methyl sites for hydroxylation is 2. The molecule has 14 heavy (non-hydrogen) atoms. The van der Waals surface area contributed by atoms with Crippen molar-refractivity contribution in [2.75, 3.05) is 5.32 Å². The molecule has 0 saturated carbocycles. The SMILES string of the molecule is [CH2]CCc1ccc2c(c1)CCC(=O)N2. The van der Waals surface area contributed by atoms with Gasteiger partial charge in [0.15, 0.2) is 0 Å². The zero-order valence-corrected chi connectivity index (χ0v) is 8.18. The van der Waals surface area contributed by atoms with Crippen LogP contribution in [0.5, 0.6) is 0 Å². The molecule has 73 valence electrons. The first-order chi connectivity index (χ1) is 6.79. The van der Waals surface area contributed by atoms with Crippen molar-refractivity contribution in [3.05, 3.63) is 36.2 Å². The molecule has 1 heterocycles. The van der Waals surface area contributed by atoms with Gasteiger partial charge in [0.1, 0.15) is 0 Å². The minimum atomic E-state index is 0.127. The average molecular weight is 188 g/mol. The molecule has 0 atom stereocenters. The van der Waals surface area contributed by atoms with Crippen LogP contribution in [0.4, 0.5) is 5.69 Å². The molecule has 0 fully saturated rings. The van der Waals surface area contributed by atoms with E-state index in [4.69, 9.17) is 0 Å². The van der Waals surface area contributed by atoms with Gasteiger partial charge in [-0.25, -0.2) is 0 Å². The maximum Gasteiger partial charge on any atom is 0.224 e. The molecule has 2 rings (SSSR count). The Morgan fingerprint density at radius 1 is 1.36 bits per heavy atom. The Balaban J connectivity index is 2.26. The van der Waals surface area contributed by atoms with Crippen LogP contribution in [0.1, 0.15) is 24.0 Å². The molecule has 2 heteroatoms. The second-order valence-electron chi connectivity index (χ2n) is 3.64. The fourth-order valence-corrected chi connectivity index (χ4v) is 1.80. The van der Waals surface area contributed by atoms with Crippen LogP contribution >= 0.6 is 0 Å². The molecule has 1 radical (unpaired) electrons. The quantitative estimate of drug-likeness (QED) is 0.758. The number of hydrogen-bond acceptors (Lipinski definition) is 1. The van der Waals surface area contributed by atoms with E-state index in [1.54, 1.807) is 0 Å². The predicted octanol–water partition coefficient (Wildman–Crippen LogP) is 2.34. The van der Waals surface area contributed by atoms with E-state index in [9.17, 15) is 4.79 Å². The molecule has 0 bridgehead atoms. The van der Waals surface area contributed by atoms with Gasteiger partial charge in [-0.15, -0.1) is 0 Å². The minimum absolute atomic E-state index is 0.127. The van der Waals surface area contributed by atoms with Gasteiger partial charge in [0.2, 0.25) is 5.91 Å². The Labute approximate surface area is 84.3 Å². The van der Waals surface area contributed by atoms with Crippen molar-refractivity contribution in [2.45, 2.75) is 25.7 Å². The molecule has 0 unspecified atom stereocenters. The van der Waals surface area contributed by atoms with E-state index in [0.29, 0.717) is 6.42 Å². The van der Waals surface area contributed by atoms with Crippen molar-refractivity contribution in [3.63, 3.8) is 0 Å². The van der Waals surface area contributed by atoms with Crippen LogP contribution in [0.2, 0.25) is 0 Å². The molecule has 2 nitrogen and oxygen atoms in total. The average Bonchev–Trinajstić information content (AvgIpc) is 2.19. The number of amides is 1. The summed E-state index contributed by atoms with van der Waals surface area (Å²) in [5, 5.41) is 2.87. The Bertz CT molecular complexity index is 357. The summed E-state index contributed by atoms with van der Waals surface area (Å²) in [6.07, 6.45) is 3.42. The summed E-state index contributed by atoms with van der Waals surface area (Å²) in [6, 6.07) is 6.24. The van der Waals surface area contributed by atoms with Crippen molar-refractivity contribution in [1.82, 2.24) is 0 Å². The highest BCUT2D eigenvalue weighted by molar-refractivity contribution is 5.93. The molecular weight excluding hydrogens is 174 g/mol. The molecule has 0 aliphatic carbocycles. The van der Waals surface area contributed by atoms with E-state index in [0.717, 1.165) is 24.9 Å². The molecular formula is C12H14NO. The topological polar surface area (TPSA) is 29.1 Å². The molecule has 1 aliphatic rings. The molecule has 0 spiro atoms. The first-order valence-corrected chi connectivity index (χ1v) is 5.00. The van der Waals surface area contributed by atoms with E-state index in [1.165, 1.54) is 11.1 Å². The largest absolute Gasteiger partial charge is 0.326 e. The zero-order valence-electron chi connectivity index (χ0n) is 8.18. The van der Waals surface area contributed by atoms with Crippen LogP contribution < -0.4 is 5.32 Å². The van der Waals surface area contributed by atoms with Crippen molar-refractivity contribution in [1.29, 1.82) is 0 Å². The summed E-state index contributed by atoms with van der Waals surface area (Å²) in [5.74, 6) is 0.127. The van der Waals surface area contributed by atoms with Crippen LogP contribution in [0.3, 0.4) is 0 Å². The molecule has 0 saturated heterocycles. The highest BCUT2D eigenvalue weighted by atomic mass is 16.1. The molecule has 1 aromatic carbocycles. The van der Waals surface area contributed by atoms with Gasteiger partial charge in [-0.05, 0) is 36.5 Å². The molecule has 1 N–H and O–H groups in total. The van der Waals surface area contributed by atoms with Gasteiger partial charge in [-0.3, -0.25) is 4.79 Å². The number of nitrogens with one attached hydrogen (secondary N) is 1. The lowest BCUT2D eigenvalue weighted by atomic mass is 9.99. The lowest BCUT2D eigenvalue weighted by molar-refractivity contribution is -0.116. The van der Waals surface area contributed by atoms with Gasteiger partial charge in [-0.1, -0.05) is 19.1 Å². The third-order valence-corrected chi connectivity index (χ3v) is 2.53. The van der Waals surface area contributed by atoms with E-state index >= 15 is 0 Å². The number of anilines is 1. The smallest absolute Gasteiger partial charge is 0.224 e. The van der Waals surface area contributed by atoms with Crippen molar-refractivity contribution >= 4 is 11.6 Å². The summed E-state index contributed by atoms with van der Waals surface area (Å²) in [5.41, 5.74) is 3.56. The summed E-state index contributed by atoms with van der Waals surface area (Å²) in [4.78, 5) is 11.1. The maximum absolute atomic E-state index is 11.1. The number of fused-ring (bicyclic) bond motifs is 1. The van der Waals surface area contributed by atoms with Gasteiger partial charge in [0.05, 0.1) is 0 Å². The molecule has 1 amide bonds. The predicted molar refractivity (Wildman–Crippen MR) is 57.1 cm³/mol. The summed E-state index contributed by atoms with van der Waals surface area (Å²) in [6.45, 7) is 3.84. The van der Waals surface area contributed by atoms with Crippen LogP contribution in [0.15, 0.2) is 18.2 Å². The van der Waals surface area contributed by atoms with Crippen LogP contribution in [0, 0.1) is 6.92 Å². The standard InChI is InChI=1S/C12H14NO/c1-2-3-9-4-6-11-10(8-9)5-7-12(14)13-11/h4,6,8H,1-3,5,7H2,(H,13,14). The second kappa shape index (κ2) is 3.82. The van der Waals surface area contributed by atoms with Gasteiger partial charge in [0.25, 0.3) is 0 Å². The van der Waals surface area contributed by atoms with Crippen molar-refractivity contribution < 1.29 is 4.79 Å². The first kappa shape index (κ1) is 9.25. The van der Waals surface area contributed by atoms with Crippen molar-refractivity contribution in [2.24, 2.45) is 0 Å².